The Balaban J connectivity index is 2.16. The zero-order valence-corrected chi connectivity index (χ0v) is 11.5. The molecule has 1 fully saturated rings. The molecule has 2 rings (SSSR count). The molecule has 0 aromatic rings. The molecule has 0 spiro atoms. The predicted octanol–water partition coefficient (Wildman–Crippen LogP) is 3.78. The lowest BCUT2D eigenvalue weighted by molar-refractivity contribution is 0.0170. The molecule has 0 N–H and O–H groups in total. The number of hydrogen-bond acceptors (Lipinski definition) is 1. The second kappa shape index (κ2) is 4.21. The molecule has 1 nitrogen and oxygen atoms in total. The molecule has 0 saturated carbocycles. The first-order chi connectivity index (χ1) is 6.98. The Morgan fingerprint density at radius 1 is 1.33 bits per heavy atom. The average molecular weight is 273 g/mol. The summed E-state index contributed by atoms with van der Waals surface area (Å²) < 4.78 is 6.03. The summed E-state index contributed by atoms with van der Waals surface area (Å²) in [6.45, 7) is 7.91. The minimum Gasteiger partial charge on any atom is -0.373 e. The Morgan fingerprint density at radius 3 is 2.80 bits per heavy atom. The Hall–Kier alpha value is 0.180. The van der Waals surface area contributed by atoms with E-state index in [2.05, 4.69) is 48.9 Å². The van der Waals surface area contributed by atoms with Gasteiger partial charge in [-0.3, -0.25) is 0 Å². The highest BCUT2D eigenvalue weighted by molar-refractivity contribution is 9.09. The van der Waals surface area contributed by atoms with Crippen LogP contribution in [-0.4, -0.2) is 17.5 Å². The van der Waals surface area contributed by atoms with Gasteiger partial charge in [-0.25, -0.2) is 0 Å². The quantitative estimate of drug-likeness (QED) is 0.482. The van der Waals surface area contributed by atoms with Gasteiger partial charge in [-0.15, -0.1) is 0 Å². The monoisotopic (exact) mass is 272 g/mol. The number of ether oxygens (including phenoxy) is 1. The lowest BCUT2D eigenvalue weighted by Gasteiger charge is -2.32. The van der Waals surface area contributed by atoms with Crippen molar-refractivity contribution in [2.75, 3.05) is 6.61 Å². The fourth-order valence-electron chi connectivity index (χ4n) is 2.98. The predicted molar refractivity (Wildman–Crippen MR) is 67.3 cm³/mol. The third kappa shape index (κ3) is 2.65. The summed E-state index contributed by atoms with van der Waals surface area (Å²) in [6.07, 6.45) is 7.35. The summed E-state index contributed by atoms with van der Waals surface area (Å²) in [7, 11) is 0. The molecule has 1 aliphatic heterocycles. The van der Waals surface area contributed by atoms with Crippen molar-refractivity contribution in [2.24, 2.45) is 17.3 Å². The summed E-state index contributed by atoms with van der Waals surface area (Å²) in [5.74, 6) is 1.46. The molecule has 0 aromatic carbocycles. The molecular weight excluding hydrogens is 252 g/mol. The topological polar surface area (TPSA) is 9.23 Å². The maximum absolute atomic E-state index is 6.03. The Kier molecular flexibility index (Phi) is 3.27. The maximum Gasteiger partial charge on any atom is 0.0787 e. The average Bonchev–Trinajstić information content (AvgIpc) is 2.24. The second-order valence-electron chi connectivity index (χ2n) is 5.92. The number of alkyl halides is 1. The van der Waals surface area contributed by atoms with E-state index in [4.69, 9.17) is 4.74 Å². The van der Waals surface area contributed by atoms with Crippen LogP contribution < -0.4 is 0 Å². The summed E-state index contributed by atoms with van der Waals surface area (Å²) in [5.41, 5.74) is 0.340. The van der Waals surface area contributed by atoms with E-state index in [9.17, 15) is 0 Å². The summed E-state index contributed by atoms with van der Waals surface area (Å²) in [6, 6.07) is 0. The third-order valence-electron chi connectivity index (χ3n) is 3.70. The van der Waals surface area contributed by atoms with Crippen LogP contribution in [-0.2, 0) is 4.74 Å². The lowest BCUT2D eigenvalue weighted by atomic mass is 9.75. The van der Waals surface area contributed by atoms with Gasteiger partial charge in [0.05, 0.1) is 12.7 Å². The van der Waals surface area contributed by atoms with E-state index in [1.54, 1.807) is 0 Å². The molecule has 1 aliphatic carbocycles. The minimum absolute atomic E-state index is 0.340. The highest BCUT2D eigenvalue weighted by Gasteiger charge is 2.37. The molecule has 0 aromatic heterocycles. The van der Waals surface area contributed by atoms with Gasteiger partial charge in [-0.1, -0.05) is 48.9 Å². The van der Waals surface area contributed by atoms with Gasteiger partial charge in [0, 0.05) is 4.83 Å². The van der Waals surface area contributed by atoms with E-state index >= 15 is 0 Å². The molecule has 2 aliphatic rings. The van der Waals surface area contributed by atoms with Crippen molar-refractivity contribution in [1.29, 1.82) is 0 Å². The molecule has 1 heterocycles. The standard InChI is InChI=1S/C13H21BrO/c1-9-7-13(2,3)8-15-12-5-4-10(14)6-11(9)12/h4-5,9-12H,6-8H2,1-3H3/t9?,10?,11-,12?/m0/s1. The molecule has 0 radical (unpaired) electrons. The molecule has 86 valence electrons. The minimum atomic E-state index is 0.340. The molecule has 15 heavy (non-hydrogen) atoms. The SMILES string of the molecule is CC1CC(C)(C)COC2C=CC(Br)C[C@@H]12. The summed E-state index contributed by atoms with van der Waals surface area (Å²) in [4.78, 5) is 0.547. The van der Waals surface area contributed by atoms with Gasteiger partial charge >= 0.3 is 0 Å². The van der Waals surface area contributed by atoms with Crippen LogP contribution in [0.15, 0.2) is 12.2 Å². The third-order valence-corrected chi connectivity index (χ3v) is 4.38. The van der Waals surface area contributed by atoms with Gasteiger partial charge in [-0.2, -0.15) is 0 Å². The van der Waals surface area contributed by atoms with Crippen molar-refractivity contribution < 1.29 is 4.74 Å². The Morgan fingerprint density at radius 2 is 2.07 bits per heavy atom. The van der Waals surface area contributed by atoms with E-state index in [0.717, 1.165) is 12.5 Å². The van der Waals surface area contributed by atoms with Crippen molar-refractivity contribution >= 4 is 15.9 Å². The Labute approximate surface area is 101 Å². The number of allylic oxidation sites excluding steroid dienone is 1. The van der Waals surface area contributed by atoms with Crippen molar-refractivity contribution in [3.8, 4) is 0 Å². The van der Waals surface area contributed by atoms with Crippen LogP contribution in [0.5, 0.6) is 0 Å². The van der Waals surface area contributed by atoms with Gasteiger partial charge in [0.15, 0.2) is 0 Å². The molecule has 2 heteroatoms. The largest absolute Gasteiger partial charge is 0.373 e. The van der Waals surface area contributed by atoms with Crippen LogP contribution in [0.2, 0.25) is 0 Å². The van der Waals surface area contributed by atoms with E-state index in [1.807, 2.05) is 0 Å². The molecule has 0 amide bonds. The smallest absolute Gasteiger partial charge is 0.0787 e. The zero-order chi connectivity index (χ0) is 11.1. The number of fused-ring (bicyclic) bond motifs is 1. The van der Waals surface area contributed by atoms with Crippen LogP contribution in [0.25, 0.3) is 0 Å². The second-order valence-corrected chi connectivity index (χ2v) is 7.10. The van der Waals surface area contributed by atoms with Crippen LogP contribution >= 0.6 is 15.9 Å². The summed E-state index contributed by atoms with van der Waals surface area (Å²) in [5, 5.41) is 0. The van der Waals surface area contributed by atoms with Crippen LogP contribution in [0.3, 0.4) is 0 Å². The van der Waals surface area contributed by atoms with Crippen molar-refractivity contribution in [3.05, 3.63) is 12.2 Å². The molecular formula is C13H21BrO. The molecule has 4 atom stereocenters. The fraction of sp³-hybridized carbons (Fsp3) is 0.846. The first-order valence-electron chi connectivity index (χ1n) is 5.92. The molecule has 3 unspecified atom stereocenters. The zero-order valence-electron chi connectivity index (χ0n) is 9.87. The first kappa shape index (κ1) is 11.7. The lowest BCUT2D eigenvalue weighted by Crippen LogP contribution is -2.30. The maximum atomic E-state index is 6.03. The van der Waals surface area contributed by atoms with E-state index in [1.165, 1.54) is 12.8 Å². The van der Waals surface area contributed by atoms with Crippen LogP contribution in [0.4, 0.5) is 0 Å². The van der Waals surface area contributed by atoms with Crippen LogP contribution in [0.1, 0.15) is 33.6 Å². The highest BCUT2D eigenvalue weighted by Crippen LogP contribution is 2.41. The van der Waals surface area contributed by atoms with Crippen molar-refractivity contribution in [1.82, 2.24) is 0 Å². The Bertz CT molecular complexity index is 259. The van der Waals surface area contributed by atoms with Crippen molar-refractivity contribution in [3.63, 3.8) is 0 Å². The first-order valence-corrected chi connectivity index (χ1v) is 6.83. The van der Waals surface area contributed by atoms with Gasteiger partial charge in [0.25, 0.3) is 0 Å². The fourth-order valence-corrected chi connectivity index (χ4v) is 3.59. The van der Waals surface area contributed by atoms with E-state index < -0.39 is 0 Å². The van der Waals surface area contributed by atoms with Gasteiger partial charge in [-0.05, 0) is 30.1 Å². The van der Waals surface area contributed by atoms with Crippen LogP contribution in [0, 0.1) is 17.3 Å². The van der Waals surface area contributed by atoms with Gasteiger partial charge in [0.1, 0.15) is 0 Å². The van der Waals surface area contributed by atoms with Crippen molar-refractivity contribution in [2.45, 2.75) is 44.5 Å². The van der Waals surface area contributed by atoms with Gasteiger partial charge in [0.2, 0.25) is 0 Å². The number of rotatable bonds is 0. The van der Waals surface area contributed by atoms with E-state index in [0.29, 0.717) is 22.3 Å². The number of hydrogen-bond donors (Lipinski definition) is 0. The normalized spacial score (nSPS) is 44.5. The highest BCUT2D eigenvalue weighted by atomic mass is 79.9. The van der Waals surface area contributed by atoms with Gasteiger partial charge < -0.3 is 4.74 Å². The summed E-state index contributed by atoms with van der Waals surface area (Å²) >= 11 is 3.69. The molecule has 0 bridgehead atoms. The number of halogens is 1. The van der Waals surface area contributed by atoms with E-state index in [-0.39, 0.29) is 0 Å². The molecule has 1 saturated heterocycles.